The average Bonchev–Trinajstić information content (AvgIpc) is 3.26. The first-order chi connectivity index (χ1) is 13.3. The Hall–Kier alpha value is -1.46. The molecule has 0 N–H and O–H groups in total. The van der Waals surface area contributed by atoms with E-state index in [4.69, 9.17) is 4.74 Å². The standard InChI is InChI=1S/C23H29NO4/c1-12-10-24(27)11-14-6-4-13-5-7-15-17(21(26)28-3)9-23(19(13)15)20(25)16(12)8-18(24)22(14,23)2/h12,14,16,18H,4-11H2,1-3H3/t12-,14-,16?,18-,22-,23+,24?/m1/s1. The van der Waals surface area contributed by atoms with Gasteiger partial charge in [-0.25, -0.2) is 4.79 Å². The predicted molar refractivity (Wildman–Crippen MR) is 103 cm³/mol. The number of esters is 1. The van der Waals surface area contributed by atoms with Crippen LogP contribution in [0.4, 0.5) is 0 Å². The molecule has 28 heavy (non-hydrogen) atoms. The van der Waals surface area contributed by atoms with Crippen LogP contribution in [0.5, 0.6) is 0 Å². The molecule has 7 atom stereocenters. The van der Waals surface area contributed by atoms with E-state index in [1.807, 2.05) is 0 Å². The van der Waals surface area contributed by atoms with Crippen LogP contribution >= 0.6 is 0 Å². The number of ether oxygens (including phenoxy) is 1. The summed E-state index contributed by atoms with van der Waals surface area (Å²) in [5.74, 6) is 0.405. The van der Waals surface area contributed by atoms with Gasteiger partial charge in [0.25, 0.3) is 0 Å². The van der Waals surface area contributed by atoms with Crippen LogP contribution in [0.3, 0.4) is 0 Å². The lowest BCUT2D eigenvalue weighted by Crippen LogP contribution is -2.68. The second kappa shape index (κ2) is 4.99. The van der Waals surface area contributed by atoms with Gasteiger partial charge in [0.05, 0.1) is 31.7 Å². The van der Waals surface area contributed by atoms with Crippen molar-refractivity contribution >= 4 is 11.8 Å². The second-order valence-corrected chi connectivity index (χ2v) is 10.5. The number of carbonyl (C=O) groups is 2. The number of hydrogen-bond donors (Lipinski definition) is 0. The van der Waals surface area contributed by atoms with E-state index in [0.29, 0.717) is 25.3 Å². The molecule has 5 heteroatoms. The minimum atomic E-state index is -0.661. The highest BCUT2D eigenvalue weighted by Crippen LogP contribution is 2.74. The van der Waals surface area contributed by atoms with Crippen molar-refractivity contribution in [2.75, 3.05) is 20.2 Å². The van der Waals surface area contributed by atoms with Crippen molar-refractivity contribution < 1.29 is 19.0 Å². The number of Topliss-reactive ketones (excluding diaryl/α,β-unsaturated/α-hetero) is 1. The molecule has 4 aliphatic carbocycles. The van der Waals surface area contributed by atoms with Crippen molar-refractivity contribution in [3.8, 4) is 0 Å². The fourth-order valence-corrected chi connectivity index (χ4v) is 8.80. The summed E-state index contributed by atoms with van der Waals surface area (Å²) in [6, 6.07) is -0.0119. The van der Waals surface area contributed by atoms with Gasteiger partial charge in [-0.2, -0.15) is 0 Å². The molecule has 0 aromatic heterocycles. The number of piperidine rings is 1. The molecule has 2 unspecified atom stereocenters. The Morgan fingerprint density at radius 3 is 2.79 bits per heavy atom. The van der Waals surface area contributed by atoms with Gasteiger partial charge in [-0.3, -0.25) is 4.79 Å². The summed E-state index contributed by atoms with van der Waals surface area (Å²) in [7, 11) is 1.44. The second-order valence-electron chi connectivity index (χ2n) is 10.5. The van der Waals surface area contributed by atoms with E-state index in [2.05, 4.69) is 13.8 Å². The summed E-state index contributed by atoms with van der Waals surface area (Å²) in [4.78, 5) is 27.0. The van der Waals surface area contributed by atoms with Crippen molar-refractivity contribution in [2.45, 2.75) is 58.4 Å². The SMILES string of the molecule is COC(=O)C1=C2CCC3=C2[C@@]2(C1)C(=O)C1C[C@@H]4[C@@]2(C)[C@H](CC3)C[N+]4([O-])C[C@H]1C. The highest BCUT2D eigenvalue weighted by molar-refractivity contribution is 6.01. The maximum Gasteiger partial charge on any atom is 0.334 e. The number of methoxy groups -OCH3 is 1. The Labute approximate surface area is 166 Å². The van der Waals surface area contributed by atoms with E-state index >= 15 is 0 Å². The third-order valence-corrected chi connectivity index (χ3v) is 9.87. The molecule has 2 bridgehead atoms. The first-order valence-electron chi connectivity index (χ1n) is 10.9. The molecule has 0 amide bonds. The Morgan fingerprint density at radius 2 is 2.04 bits per heavy atom. The highest BCUT2D eigenvalue weighted by Gasteiger charge is 2.78. The molecule has 6 aliphatic rings. The Morgan fingerprint density at radius 1 is 1.25 bits per heavy atom. The van der Waals surface area contributed by atoms with Gasteiger partial charge in [-0.15, -0.1) is 0 Å². The normalized spacial score (nSPS) is 50.8. The predicted octanol–water partition coefficient (Wildman–Crippen LogP) is 3.29. The molecule has 2 heterocycles. The maximum absolute atomic E-state index is 14.3. The zero-order chi connectivity index (χ0) is 19.6. The highest BCUT2D eigenvalue weighted by atomic mass is 16.6. The zero-order valence-electron chi connectivity index (χ0n) is 17.0. The maximum atomic E-state index is 14.3. The number of fused-ring (bicyclic) bond motifs is 1. The average molecular weight is 383 g/mol. The lowest BCUT2D eigenvalue weighted by Gasteiger charge is -2.62. The number of nitrogens with zero attached hydrogens (tertiary/aromatic N) is 1. The zero-order valence-corrected chi connectivity index (χ0v) is 17.0. The third-order valence-electron chi connectivity index (χ3n) is 9.87. The van der Waals surface area contributed by atoms with Gasteiger partial charge in [0.1, 0.15) is 5.78 Å². The van der Waals surface area contributed by atoms with Gasteiger partial charge in [0.15, 0.2) is 0 Å². The lowest BCUT2D eigenvalue weighted by molar-refractivity contribution is -0.908. The number of rotatable bonds is 1. The lowest BCUT2D eigenvalue weighted by atomic mass is 9.45. The number of hydrogen-bond acceptors (Lipinski definition) is 4. The van der Waals surface area contributed by atoms with E-state index in [1.165, 1.54) is 18.3 Å². The van der Waals surface area contributed by atoms with Crippen molar-refractivity contribution in [1.29, 1.82) is 0 Å². The van der Waals surface area contributed by atoms with Crippen molar-refractivity contribution in [1.82, 2.24) is 0 Å². The molecule has 5 nitrogen and oxygen atoms in total. The molecule has 0 radical (unpaired) electrons. The minimum absolute atomic E-state index is 0.0119. The summed E-state index contributed by atoms with van der Waals surface area (Å²) in [5, 5.41) is 14.0. The van der Waals surface area contributed by atoms with E-state index in [0.717, 1.165) is 43.3 Å². The van der Waals surface area contributed by atoms with Gasteiger partial charge in [0, 0.05) is 35.2 Å². The first kappa shape index (κ1) is 17.4. The molecule has 6 rings (SSSR count). The fourth-order valence-electron chi connectivity index (χ4n) is 8.80. The largest absolute Gasteiger partial charge is 0.633 e. The van der Waals surface area contributed by atoms with Gasteiger partial charge in [-0.1, -0.05) is 19.4 Å². The summed E-state index contributed by atoms with van der Waals surface area (Å²) in [6.45, 7) is 5.58. The van der Waals surface area contributed by atoms with Crippen LogP contribution in [-0.4, -0.2) is 42.6 Å². The number of allylic oxidation sites excluding steroid dienone is 3. The van der Waals surface area contributed by atoms with Crippen molar-refractivity contribution in [3.05, 3.63) is 27.5 Å². The molecule has 1 saturated carbocycles. The van der Waals surface area contributed by atoms with Crippen LogP contribution in [-0.2, 0) is 14.3 Å². The van der Waals surface area contributed by atoms with Crippen LogP contribution in [0.25, 0.3) is 0 Å². The van der Waals surface area contributed by atoms with Crippen LogP contribution < -0.4 is 0 Å². The summed E-state index contributed by atoms with van der Waals surface area (Å²) < 4.78 is 5.03. The first-order valence-corrected chi connectivity index (χ1v) is 10.9. The third kappa shape index (κ3) is 1.59. The van der Waals surface area contributed by atoms with Gasteiger partial charge in [-0.05, 0) is 43.3 Å². The quantitative estimate of drug-likeness (QED) is 0.396. The van der Waals surface area contributed by atoms with E-state index in [1.54, 1.807) is 0 Å². The number of carbonyl (C=O) groups excluding carboxylic acids is 2. The molecule has 150 valence electrons. The molecule has 2 saturated heterocycles. The van der Waals surface area contributed by atoms with Gasteiger partial charge in [0.2, 0.25) is 0 Å². The van der Waals surface area contributed by atoms with Gasteiger partial charge < -0.3 is 14.6 Å². The fraction of sp³-hybridized carbons (Fsp3) is 0.739. The van der Waals surface area contributed by atoms with Crippen molar-refractivity contribution in [3.63, 3.8) is 0 Å². The molecule has 3 fully saturated rings. The molecular formula is C23H29NO4. The summed E-state index contributed by atoms with van der Waals surface area (Å²) in [5.41, 5.74) is 3.41. The Kier molecular flexibility index (Phi) is 3.10. The van der Waals surface area contributed by atoms with Crippen LogP contribution in [0.15, 0.2) is 22.3 Å². The van der Waals surface area contributed by atoms with E-state index < -0.39 is 5.41 Å². The molecular weight excluding hydrogens is 354 g/mol. The molecule has 2 aliphatic heterocycles. The summed E-state index contributed by atoms with van der Waals surface area (Å²) in [6.07, 6.45) is 5.03. The topological polar surface area (TPSA) is 66.4 Å². The molecule has 0 aromatic carbocycles. The monoisotopic (exact) mass is 383 g/mol. The smallest absolute Gasteiger partial charge is 0.334 e. The number of quaternary nitrogens is 1. The van der Waals surface area contributed by atoms with Crippen molar-refractivity contribution in [2.24, 2.45) is 28.6 Å². The number of ketones is 1. The summed E-state index contributed by atoms with van der Waals surface area (Å²) >= 11 is 0. The molecule has 1 spiro atoms. The molecule has 0 aromatic rings. The van der Waals surface area contributed by atoms with Gasteiger partial charge >= 0.3 is 5.97 Å². The number of hydroxylamine groups is 3. The van der Waals surface area contributed by atoms with E-state index in [9.17, 15) is 14.8 Å². The Balaban J connectivity index is 1.65. The van der Waals surface area contributed by atoms with Crippen LogP contribution in [0, 0.1) is 33.8 Å². The Bertz CT molecular complexity index is 902. The van der Waals surface area contributed by atoms with Crippen LogP contribution in [0.2, 0.25) is 0 Å². The van der Waals surface area contributed by atoms with Crippen LogP contribution in [0.1, 0.15) is 52.4 Å². The van der Waals surface area contributed by atoms with E-state index in [-0.39, 0.29) is 39.8 Å². The minimum Gasteiger partial charge on any atom is -0.633 e.